The van der Waals surface area contributed by atoms with Crippen molar-refractivity contribution in [2.24, 2.45) is 0 Å². The Balaban J connectivity index is 0.000000303. The topological polar surface area (TPSA) is 300 Å². The summed E-state index contributed by atoms with van der Waals surface area (Å²) in [6, 6.07) is 0. The number of aliphatic hydroxyl groups excluding tert-OH is 13. The molecule has 2 unspecified atom stereocenters. The summed E-state index contributed by atoms with van der Waals surface area (Å²) >= 11 is 0. The van der Waals surface area contributed by atoms with E-state index in [9.17, 15) is 30.6 Å². The van der Waals surface area contributed by atoms with Gasteiger partial charge in [-0.25, -0.2) is 0 Å². The Morgan fingerprint density at radius 1 is 0.543 bits per heavy atom. The molecule has 0 bridgehead atoms. The van der Waals surface area contributed by atoms with Crippen molar-refractivity contribution < 1.29 is 85.3 Å². The smallest absolute Gasteiger partial charge is 0.224 e. The maximum atomic E-state index is 10.00. The first kappa shape index (κ1) is 30.5. The summed E-state index contributed by atoms with van der Waals surface area (Å²) in [5.41, 5.74) is 0. The van der Waals surface area contributed by atoms with E-state index in [4.69, 9.17) is 50.0 Å². The molecule has 0 saturated carbocycles. The van der Waals surface area contributed by atoms with Crippen molar-refractivity contribution in [2.45, 2.75) is 85.5 Å². The van der Waals surface area contributed by atoms with Gasteiger partial charge in [0.25, 0.3) is 0 Å². The van der Waals surface area contributed by atoms with Crippen molar-refractivity contribution in [3.05, 3.63) is 0 Å². The SMILES string of the molecule is OC[C@H]1OC(CO)(O[C@H]2O[C@H](CO)[C@@H](O)[C@H](O)[C@H]2O)[C@@H](O)[C@@H]1O.OC[C@H]1OC(O)[C@H](O)[C@@H](O)[C@@H]1O. The van der Waals surface area contributed by atoms with Crippen LogP contribution in [-0.2, 0) is 18.9 Å². The van der Waals surface area contributed by atoms with Crippen molar-refractivity contribution in [1.82, 2.24) is 0 Å². The monoisotopic (exact) mass is 522 g/mol. The average molecular weight is 522 g/mol. The zero-order valence-electron chi connectivity index (χ0n) is 18.3. The fourth-order valence-corrected chi connectivity index (χ4v) is 3.71. The number of aliphatic hydroxyl groups is 13. The summed E-state index contributed by atoms with van der Waals surface area (Å²) in [6.45, 7) is -2.85. The summed E-state index contributed by atoms with van der Waals surface area (Å²) in [5.74, 6) is -2.22. The van der Waals surface area contributed by atoms with Gasteiger partial charge >= 0.3 is 0 Å². The van der Waals surface area contributed by atoms with Crippen LogP contribution in [0.4, 0.5) is 0 Å². The molecule has 3 aliphatic rings. The molecular formula is C18H34O17. The molecule has 13 N–H and O–H groups in total. The van der Waals surface area contributed by atoms with Gasteiger partial charge in [-0.15, -0.1) is 0 Å². The zero-order chi connectivity index (χ0) is 26.7. The van der Waals surface area contributed by atoms with Crippen LogP contribution in [0.25, 0.3) is 0 Å². The maximum absolute atomic E-state index is 10.00. The van der Waals surface area contributed by atoms with Crippen LogP contribution >= 0.6 is 0 Å². The van der Waals surface area contributed by atoms with E-state index in [-0.39, 0.29) is 0 Å². The predicted molar refractivity (Wildman–Crippen MR) is 105 cm³/mol. The number of rotatable bonds is 6. The largest absolute Gasteiger partial charge is 0.394 e. The minimum absolute atomic E-state index is 0.526. The Bertz CT molecular complexity index is 635. The first-order chi connectivity index (χ1) is 16.4. The summed E-state index contributed by atoms with van der Waals surface area (Å²) in [7, 11) is 0. The van der Waals surface area contributed by atoms with Crippen molar-refractivity contribution in [1.29, 1.82) is 0 Å². The van der Waals surface area contributed by atoms with E-state index in [0.717, 1.165) is 0 Å². The van der Waals surface area contributed by atoms with Crippen LogP contribution in [0.15, 0.2) is 0 Å². The van der Waals surface area contributed by atoms with E-state index in [0.29, 0.717) is 0 Å². The molecule has 0 aliphatic carbocycles. The highest BCUT2D eigenvalue weighted by molar-refractivity contribution is 4.98. The predicted octanol–water partition coefficient (Wildman–Crippen LogP) is -8.62. The molecule has 14 atom stereocenters. The molecule has 17 heteroatoms. The second-order valence-corrected chi connectivity index (χ2v) is 8.28. The molecule has 0 amide bonds. The molecular weight excluding hydrogens is 488 g/mol. The van der Waals surface area contributed by atoms with E-state index in [1.807, 2.05) is 0 Å². The molecule has 3 fully saturated rings. The van der Waals surface area contributed by atoms with E-state index in [2.05, 4.69) is 4.74 Å². The minimum Gasteiger partial charge on any atom is -0.394 e. The Morgan fingerprint density at radius 3 is 1.49 bits per heavy atom. The van der Waals surface area contributed by atoms with Crippen molar-refractivity contribution in [3.8, 4) is 0 Å². The van der Waals surface area contributed by atoms with Gasteiger partial charge in [-0.05, 0) is 0 Å². The van der Waals surface area contributed by atoms with Gasteiger partial charge in [0.15, 0.2) is 12.6 Å². The van der Waals surface area contributed by atoms with Crippen molar-refractivity contribution in [2.75, 3.05) is 26.4 Å². The third-order valence-electron chi connectivity index (χ3n) is 5.94. The normalized spacial score (nSPS) is 50.5. The van der Waals surface area contributed by atoms with Crippen LogP contribution < -0.4 is 0 Å². The molecule has 0 radical (unpaired) electrons. The summed E-state index contributed by atoms with van der Waals surface area (Å²) in [6.07, 6.45) is -19.7. The van der Waals surface area contributed by atoms with Crippen LogP contribution in [0.1, 0.15) is 0 Å². The Morgan fingerprint density at radius 2 is 1.03 bits per heavy atom. The van der Waals surface area contributed by atoms with Gasteiger partial charge in [0, 0.05) is 0 Å². The first-order valence-corrected chi connectivity index (χ1v) is 10.6. The van der Waals surface area contributed by atoms with Crippen LogP contribution in [0.5, 0.6) is 0 Å². The zero-order valence-corrected chi connectivity index (χ0v) is 18.3. The number of hydrogen-bond acceptors (Lipinski definition) is 17. The lowest BCUT2D eigenvalue weighted by Crippen LogP contribution is -2.62. The van der Waals surface area contributed by atoms with E-state index in [1.54, 1.807) is 0 Å². The summed E-state index contributed by atoms with van der Waals surface area (Å²) in [5, 5.41) is 121. The highest BCUT2D eigenvalue weighted by atomic mass is 16.8. The highest BCUT2D eigenvalue weighted by Crippen LogP contribution is 2.35. The molecule has 0 aromatic carbocycles. The van der Waals surface area contributed by atoms with Crippen molar-refractivity contribution >= 4 is 0 Å². The van der Waals surface area contributed by atoms with Gasteiger partial charge in [-0.2, -0.15) is 0 Å². The fraction of sp³-hybridized carbons (Fsp3) is 1.00. The Labute approximate surface area is 198 Å². The minimum atomic E-state index is -2.22. The third kappa shape index (κ3) is 6.25. The molecule has 3 heterocycles. The molecule has 17 nitrogen and oxygen atoms in total. The first-order valence-electron chi connectivity index (χ1n) is 10.6. The van der Waals surface area contributed by atoms with Gasteiger partial charge in [0.05, 0.1) is 19.8 Å². The van der Waals surface area contributed by atoms with Crippen LogP contribution in [0.3, 0.4) is 0 Å². The number of hydrogen-bond donors (Lipinski definition) is 13. The summed E-state index contributed by atoms with van der Waals surface area (Å²) < 4.78 is 20.0. The molecule has 3 aliphatic heterocycles. The van der Waals surface area contributed by atoms with Crippen LogP contribution in [0, 0.1) is 0 Å². The lowest BCUT2D eigenvalue weighted by molar-refractivity contribution is -0.383. The van der Waals surface area contributed by atoms with Gasteiger partial charge in [0.1, 0.15) is 73.8 Å². The lowest BCUT2D eigenvalue weighted by atomic mass is 9.99. The van der Waals surface area contributed by atoms with Gasteiger partial charge in [-0.1, -0.05) is 0 Å². The molecule has 35 heavy (non-hydrogen) atoms. The Kier molecular flexibility index (Phi) is 11.1. The quantitative estimate of drug-likeness (QED) is 0.154. The van der Waals surface area contributed by atoms with Crippen molar-refractivity contribution in [3.63, 3.8) is 0 Å². The molecule has 0 aromatic heterocycles. The second kappa shape index (κ2) is 12.7. The maximum Gasteiger partial charge on any atom is 0.224 e. The molecule has 3 rings (SSSR count). The molecule has 208 valence electrons. The van der Waals surface area contributed by atoms with Crippen LogP contribution in [0.2, 0.25) is 0 Å². The highest BCUT2D eigenvalue weighted by Gasteiger charge is 2.58. The molecule has 0 aromatic rings. The third-order valence-corrected chi connectivity index (χ3v) is 5.94. The second-order valence-electron chi connectivity index (χ2n) is 8.28. The van der Waals surface area contributed by atoms with Gasteiger partial charge in [-0.3, -0.25) is 0 Å². The lowest BCUT2D eigenvalue weighted by Gasteiger charge is -2.43. The summed E-state index contributed by atoms with van der Waals surface area (Å²) in [4.78, 5) is 0. The molecule has 0 spiro atoms. The molecule has 3 saturated heterocycles. The average Bonchev–Trinajstić information content (AvgIpc) is 3.10. The van der Waals surface area contributed by atoms with Gasteiger partial charge < -0.3 is 85.3 Å². The fourth-order valence-electron chi connectivity index (χ4n) is 3.71. The van der Waals surface area contributed by atoms with Gasteiger partial charge in [0.2, 0.25) is 5.79 Å². The Hall–Kier alpha value is -0.680. The standard InChI is InChI=1S/C12H22O11.C6H12O6/c13-1-4-6(16)8(18)9(19)11(21-4)23-12(3-15)10(20)7(17)5(2-14)22-12;7-1-2-3(8)4(9)5(10)6(11)12-2/h4-11,13-20H,1-3H2;2-11H,1H2/t4-,5-,6-,7-,8+,9-,10+,11-,12?;2-,3-,4+,5-,6?/m11/s1. The van der Waals surface area contributed by atoms with E-state index in [1.165, 1.54) is 0 Å². The van der Waals surface area contributed by atoms with E-state index >= 15 is 0 Å². The number of ether oxygens (including phenoxy) is 4. The van der Waals surface area contributed by atoms with Crippen LogP contribution in [-0.4, -0.2) is 178 Å². The van der Waals surface area contributed by atoms with E-state index < -0.39 is 112 Å².